The molecular weight excluding hydrogens is 408 g/mol. The van der Waals surface area contributed by atoms with Crippen molar-refractivity contribution < 1.29 is 29.3 Å². The molecule has 2 atom stereocenters. The molecule has 0 saturated carbocycles. The molecule has 0 aromatic heterocycles. The number of carbonyl (C=O) groups excluding carboxylic acids is 2. The summed E-state index contributed by atoms with van der Waals surface area (Å²) in [5, 5.41) is 23.5. The normalized spacial score (nSPS) is 23.7. The van der Waals surface area contributed by atoms with Crippen LogP contribution in [0.4, 0.5) is 0 Å². The number of rotatable bonds is 4. The number of carbonyl (C=O) groups is 2. The van der Waals surface area contributed by atoms with E-state index in [2.05, 4.69) is 0 Å². The van der Waals surface area contributed by atoms with E-state index in [1.165, 1.54) is 13.2 Å². The van der Waals surface area contributed by atoms with Gasteiger partial charge >= 0.3 is 0 Å². The number of hydrogen-bond donors (Lipinski definition) is 2. The summed E-state index contributed by atoms with van der Waals surface area (Å²) in [6.45, 7) is 0.207. The molecule has 0 saturated heterocycles. The van der Waals surface area contributed by atoms with E-state index in [0.29, 0.717) is 12.0 Å². The Morgan fingerprint density at radius 3 is 2.34 bits per heavy atom. The van der Waals surface area contributed by atoms with E-state index in [9.17, 15) is 19.8 Å². The Bertz CT molecular complexity index is 1230. The van der Waals surface area contributed by atoms with E-state index >= 15 is 0 Å². The average Bonchev–Trinajstić information content (AvgIpc) is 2.83. The maximum atomic E-state index is 13.7. The van der Waals surface area contributed by atoms with Gasteiger partial charge < -0.3 is 19.7 Å². The largest absolute Gasteiger partial charge is 0.496 e. The van der Waals surface area contributed by atoms with Gasteiger partial charge in [-0.15, -0.1) is 0 Å². The molecule has 0 radical (unpaired) electrons. The van der Waals surface area contributed by atoms with E-state index in [4.69, 9.17) is 9.47 Å². The van der Waals surface area contributed by atoms with Gasteiger partial charge in [0.25, 0.3) is 0 Å². The van der Waals surface area contributed by atoms with Gasteiger partial charge in [-0.1, -0.05) is 54.6 Å². The molecule has 2 aliphatic rings. The van der Waals surface area contributed by atoms with Crippen molar-refractivity contribution in [3.8, 4) is 11.5 Å². The molecule has 2 aliphatic carbocycles. The molecule has 5 rings (SSSR count). The highest BCUT2D eigenvalue weighted by Crippen LogP contribution is 2.53. The zero-order valence-electron chi connectivity index (χ0n) is 17.5. The van der Waals surface area contributed by atoms with Crippen molar-refractivity contribution in [3.63, 3.8) is 0 Å². The van der Waals surface area contributed by atoms with Crippen molar-refractivity contribution in [2.75, 3.05) is 7.11 Å². The molecule has 2 N–H and O–H groups in total. The number of fused-ring (bicyclic) bond motifs is 4. The number of aliphatic hydroxyl groups is 2. The Morgan fingerprint density at radius 2 is 1.59 bits per heavy atom. The second-order valence-electron chi connectivity index (χ2n) is 8.18. The highest BCUT2D eigenvalue weighted by atomic mass is 16.5. The number of aryl methyl sites for hydroxylation is 1. The van der Waals surface area contributed by atoms with Gasteiger partial charge in [-0.2, -0.15) is 0 Å². The van der Waals surface area contributed by atoms with Crippen molar-refractivity contribution in [1.82, 2.24) is 0 Å². The predicted molar refractivity (Wildman–Crippen MR) is 116 cm³/mol. The fraction of sp³-hybridized carbons (Fsp3) is 0.231. The summed E-state index contributed by atoms with van der Waals surface area (Å²) in [4.78, 5) is 27.2. The topological polar surface area (TPSA) is 93.1 Å². The minimum Gasteiger partial charge on any atom is -0.496 e. The molecule has 6 heteroatoms. The van der Waals surface area contributed by atoms with Crippen molar-refractivity contribution in [2.45, 2.75) is 30.7 Å². The van der Waals surface area contributed by atoms with Crippen molar-refractivity contribution in [2.24, 2.45) is 0 Å². The zero-order chi connectivity index (χ0) is 22.5. The number of Topliss-reactive ketones (excluding diaryl/α,β-unsaturated/α-hetero) is 2. The van der Waals surface area contributed by atoms with Gasteiger partial charge in [-0.05, 0) is 36.1 Å². The summed E-state index contributed by atoms with van der Waals surface area (Å²) in [6, 6.07) is 19.3. The van der Waals surface area contributed by atoms with E-state index < -0.39 is 22.8 Å². The summed E-state index contributed by atoms with van der Waals surface area (Å²) in [5.41, 5.74) is -3.06. The molecule has 0 fully saturated rings. The molecule has 3 aromatic carbocycles. The first-order chi connectivity index (χ1) is 15.4. The second-order valence-corrected chi connectivity index (χ2v) is 8.18. The van der Waals surface area contributed by atoms with Gasteiger partial charge in [0.15, 0.2) is 11.2 Å². The minimum atomic E-state index is -2.47. The van der Waals surface area contributed by atoms with Gasteiger partial charge in [0.2, 0.25) is 11.6 Å². The Labute approximate surface area is 185 Å². The smallest absolute Gasteiger partial charge is 0.203 e. The molecular formula is C26H22O6. The average molecular weight is 430 g/mol. The third-order valence-electron chi connectivity index (χ3n) is 6.49. The van der Waals surface area contributed by atoms with E-state index in [1.807, 2.05) is 30.3 Å². The molecule has 162 valence electrons. The zero-order valence-corrected chi connectivity index (χ0v) is 17.5. The van der Waals surface area contributed by atoms with Crippen LogP contribution in [-0.4, -0.2) is 34.5 Å². The monoisotopic (exact) mass is 430 g/mol. The maximum Gasteiger partial charge on any atom is 0.203 e. The van der Waals surface area contributed by atoms with Crippen molar-refractivity contribution in [3.05, 3.63) is 94.5 Å². The van der Waals surface area contributed by atoms with Gasteiger partial charge in [0.05, 0.1) is 12.7 Å². The van der Waals surface area contributed by atoms with Crippen LogP contribution in [-0.2, 0) is 18.6 Å². The Balaban J connectivity index is 1.68. The van der Waals surface area contributed by atoms with Crippen LogP contribution in [0.2, 0.25) is 0 Å². The van der Waals surface area contributed by atoms with E-state index in [-0.39, 0.29) is 41.2 Å². The van der Waals surface area contributed by atoms with Gasteiger partial charge in [-0.3, -0.25) is 9.59 Å². The van der Waals surface area contributed by atoms with Crippen molar-refractivity contribution in [1.29, 1.82) is 0 Å². The third-order valence-corrected chi connectivity index (χ3v) is 6.49. The van der Waals surface area contributed by atoms with Crippen LogP contribution in [0.1, 0.15) is 43.8 Å². The highest BCUT2D eigenvalue weighted by Gasteiger charge is 2.67. The third kappa shape index (κ3) is 2.66. The highest BCUT2D eigenvalue weighted by molar-refractivity contribution is 6.23. The lowest BCUT2D eigenvalue weighted by Crippen LogP contribution is -2.66. The number of hydrogen-bond acceptors (Lipinski definition) is 6. The summed E-state index contributed by atoms with van der Waals surface area (Å²) >= 11 is 0. The summed E-state index contributed by atoms with van der Waals surface area (Å²) in [7, 11) is 1.39. The first-order valence-electron chi connectivity index (χ1n) is 10.4. The van der Waals surface area contributed by atoms with Gasteiger partial charge in [0, 0.05) is 11.1 Å². The summed E-state index contributed by atoms with van der Waals surface area (Å²) in [5.74, 6) is -1.02. The van der Waals surface area contributed by atoms with Gasteiger partial charge in [-0.25, -0.2) is 0 Å². The molecule has 0 spiro atoms. The molecule has 32 heavy (non-hydrogen) atoms. The maximum absolute atomic E-state index is 13.7. The predicted octanol–water partition coefficient (Wildman–Crippen LogP) is 3.22. The fourth-order valence-corrected chi connectivity index (χ4v) is 4.86. The van der Waals surface area contributed by atoms with Crippen LogP contribution in [0.5, 0.6) is 11.5 Å². The molecule has 6 nitrogen and oxygen atoms in total. The van der Waals surface area contributed by atoms with Crippen LogP contribution in [0.3, 0.4) is 0 Å². The molecule has 0 amide bonds. The summed E-state index contributed by atoms with van der Waals surface area (Å²) in [6.07, 6.45) is 0.209. The van der Waals surface area contributed by atoms with Crippen LogP contribution in [0.25, 0.3) is 0 Å². The molecule has 0 heterocycles. The summed E-state index contributed by atoms with van der Waals surface area (Å²) < 4.78 is 11.3. The van der Waals surface area contributed by atoms with E-state index in [1.54, 1.807) is 30.3 Å². The quantitative estimate of drug-likeness (QED) is 0.660. The Hall–Kier alpha value is -3.48. The van der Waals surface area contributed by atoms with Gasteiger partial charge in [0.1, 0.15) is 18.1 Å². The first-order valence-corrected chi connectivity index (χ1v) is 10.4. The minimum absolute atomic E-state index is 0.00156. The molecule has 0 aliphatic heterocycles. The van der Waals surface area contributed by atoms with Crippen LogP contribution in [0, 0.1) is 0 Å². The van der Waals surface area contributed by atoms with E-state index in [0.717, 1.165) is 5.56 Å². The van der Waals surface area contributed by atoms with Crippen molar-refractivity contribution >= 4 is 11.6 Å². The molecule has 3 aromatic rings. The standard InChI is InChI=1S/C26H22O6/c1-31-19-11-6-10-18-21(19)24(28)25(29)14-13-17-9-5-12-20(22(17)26(25,30)23(18)27)32-15-16-7-3-2-4-8-16/h2-12,29-30H,13-15H2,1H3/t25-,26+/m1/s1. The number of ether oxygens (including phenoxy) is 2. The lowest BCUT2D eigenvalue weighted by atomic mass is 9.58. The van der Waals surface area contributed by atoms with Crippen LogP contribution >= 0.6 is 0 Å². The number of ketones is 2. The molecule has 0 bridgehead atoms. The number of benzene rings is 3. The fourth-order valence-electron chi connectivity index (χ4n) is 4.86. The second kappa shape index (κ2) is 7.29. The number of methoxy groups -OCH3 is 1. The Morgan fingerprint density at radius 1 is 0.875 bits per heavy atom. The van der Waals surface area contributed by atoms with Crippen LogP contribution < -0.4 is 9.47 Å². The lowest BCUT2D eigenvalue weighted by molar-refractivity contribution is -0.117. The lowest BCUT2D eigenvalue weighted by Gasteiger charge is -2.48. The Kier molecular flexibility index (Phi) is 4.65. The van der Waals surface area contributed by atoms with Crippen LogP contribution in [0.15, 0.2) is 66.7 Å². The molecule has 0 unspecified atom stereocenters. The SMILES string of the molecule is COc1cccc2c1C(=O)[C@]1(O)CCc3cccc(OCc4ccccc4)c3[C@]1(O)C2=O. The first kappa shape index (κ1) is 20.4.